The predicted molar refractivity (Wildman–Crippen MR) is 137 cm³/mol. The summed E-state index contributed by atoms with van der Waals surface area (Å²) in [4.78, 5) is 13.8. The van der Waals surface area contributed by atoms with E-state index in [0.29, 0.717) is 39.2 Å². The molecule has 2 heterocycles. The Hall–Kier alpha value is -4.47. The minimum absolute atomic E-state index is 0.0396. The molecule has 0 unspecified atom stereocenters. The Labute approximate surface area is 215 Å². The Morgan fingerprint density at radius 3 is 2.39 bits per heavy atom. The molecule has 6 nitrogen and oxygen atoms in total. The first-order valence-corrected chi connectivity index (χ1v) is 11.8. The van der Waals surface area contributed by atoms with Crippen molar-refractivity contribution < 1.29 is 22.3 Å². The fourth-order valence-electron chi connectivity index (χ4n) is 4.12. The van der Waals surface area contributed by atoms with Crippen LogP contribution in [0.25, 0.3) is 28.1 Å². The first-order chi connectivity index (χ1) is 18.1. The van der Waals surface area contributed by atoms with E-state index >= 15 is 0 Å². The summed E-state index contributed by atoms with van der Waals surface area (Å²) in [5.41, 5.74) is 4.98. The number of hydrogen-bond donors (Lipinski definition) is 1. The molecular weight excluding hydrogens is 498 g/mol. The van der Waals surface area contributed by atoms with Crippen molar-refractivity contribution in [3.8, 4) is 22.8 Å². The molecule has 1 aliphatic heterocycles. The summed E-state index contributed by atoms with van der Waals surface area (Å²) >= 11 is 0. The van der Waals surface area contributed by atoms with Gasteiger partial charge in [-0.15, -0.1) is 13.2 Å². The molecule has 1 aromatic heterocycles. The second-order valence-electron chi connectivity index (χ2n) is 9.02. The minimum atomic E-state index is -4.81. The number of aromatic nitrogens is 3. The van der Waals surface area contributed by atoms with Gasteiger partial charge in [-0.25, -0.2) is 9.37 Å². The Morgan fingerprint density at radius 2 is 1.74 bits per heavy atom. The number of anilines is 2. The lowest BCUT2D eigenvalue weighted by Crippen LogP contribution is -2.17. The fraction of sp³-hybridized carbons (Fsp3) is 0.179. The zero-order valence-electron chi connectivity index (χ0n) is 20.7. The van der Waals surface area contributed by atoms with E-state index in [1.54, 1.807) is 16.8 Å². The lowest BCUT2D eigenvalue weighted by atomic mass is 10.1. The first-order valence-electron chi connectivity index (χ1n) is 11.8. The van der Waals surface area contributed by atoms with Crippen molar-refractivity contribution in [1.29, 1.82) is 0 Å². The molecule has 0 saturated carbocycles. The zero-order valence-corrected chi connectivity index (χ0v) is 20.7. The van der Waals surface area contributed by atoms with Crippen LogP contribution in [0.5, 0.6) is 5.75 Å². The number of nitrogens with one attached hydrogen (secondary N) is 1. The predicted octanol–water partition coefficient (Wildman–Crippen LogP) is 6.92. The summed E-state index contributed by atoms with van der Waals surface area (Å²) < 4.78 is 58.2. The number of pyridine rings is 1. The van der Waals surface area contributed by atoms with Gasteiger partial charge in [0.2, 0.25) is 0 Å². The molecule has 0 fully saturated rings. The molecule has 2 aliphatic rings. The van der Waals surface area contributed by atoms with Crippen LogP contribution in [-0.2, 0) is 0 Å². The van der Waals surface area contributed by atoms with Crippen molar-refractivity contribution in [2.24, 2.45) is 4.99 Å². The summed E-state index contributed by atoms with van der Waals surface area (Å²) in [5, 5.41) is 3.99. The van der Waals surface area contributed by atoms with Crippen LogP contribution in [0.1, 0.15) is 19.5 Å². The highest BCUT2D eigenvalue weighted by Gasteiger charge is 2.31. The molecule has 0 radical (unpaired) electrons. The maximum absolute atomic E-state index is 14.3. The van der Waals surface area contributed by atoms with E-state index in [4.69, 9.17) is 9.98 Å². The van der Waals surface area contributed by atoms with Crippen molar-refractivity contribution >= 4 is 22.4 Å². The maximum atomic E-state index is 14.3. The summed E-state index contributed by atoms with van der Waals surface area (Å²) in [5.74, 6) is -0.828. The van der Waals surface area contributed by atoms with Gasteiger partial charge in [0.25, 0.3) is 0 Å². The van der Waals surface area contributed by atoms with E-state index in [0.717, 1.165) is 11.4 Å². The number of halogens is 4. The molecule has 0 bridgehead atoms. The number of nitrogens with zero attached hydrogens (tertiary/aromatic N) is 4. The van der Waals surface area contributed by atoms with Crippen molar-refractivity contribution in [1.82, 2.24) is 14.5 Å². The van der Waals surface area contributed by atoms with Crippen LogP contribution in [0.2, 0.25) is 0 Å². The molecule has 3 aromatic rings. The van der Waals surface area contributed by atoms with Crippen molar-refractivity contribution in [3.63, 3.8) is 0 Å². The molecule has 10 heteroatoms. The molecule has 38 heavy (non-hydrogen) atoms. The van der Waals surface area contributed by atoms with Crippen LogP contribution in [0.4, 0.5) is 28.9 Å². The van der Waals surface area contributed by atoms with Crippen LogP contribution in [-0.4, -0.2) is 26.9 Å². The van der Waals surface area contributed by atoms with Gasteiger partial charge in [-0.2, -0.15) is 0 Å². The molecule has 194 valence electrons. The Morgan fingerprint density at radius 1 is 0.974 bits per heavy atom. The summed E-state index contributed by atoms with van der Waals surface area (Å²) in [7, 11) is 0. The number of rotatable bonds is 5. The maximum Gasteiger partial charge on any atom is 0.573 e. The molecule has 5 rings (SSSR count). The Kier molecular flexibility index (Phi) is 6.48. The van der Waals surface area contributed by atoms with Gasteiger partial charge in [0.05, 0.1) is 45.4 Å². The smallest absolute Gasteiger partial charge is 0.406 e. The highest BCUT2D eigenvalue weighted by atomic mass is 19.4. The first kappa shape index (κ1) is 25.2. The lowest BCUT2D eigenvalue weighted by Gasteiger charge is -2.21. The minimum Gasteiger partial charge on any atom is -0.406 e. The molecule has 2 aromatic carbocycles. The van der Waals surface area contributed by atoms with Crippen LogP contribution < -0.4 is 15.4 Å². The van der Waals surface area contributed by atoms with Crippen LogP contribution in [0.15, 0.2) is 77.9 Å². The second-order valence-corrected chi connectivity index (χ2v) is 9.02. The van der Waals surface area contributed by atoms with E-state index in [1.165, 1.54) is 36.4 Å². The Bertz CT molecular complexity index is 1640. The summed E-state index contributed by atoms with van der Waals surface area (Å²) in [6.07, 6.45) is -3.09. The summed E-state index contributed by atoms with van der Waals surface area (Å²) in [6, 6.07) is 17.0. The molecular formula is C28H23F4N5O. The van der Waals surface area contributed by atoms with Gasteiger partial charge in [0.15, 0.2) is 0 Å². The van der Waals surface area contributed by atoms with Gasteiger partial charge in [-0.3, -0.25) is 9.98 Å². The fourth-order valence-corrected chi connectivity index (χ4v) is 4.12. The van der Waals surface area contributed by atoms with Crippen molar-refractivity contribution in [2.45, 2.75) is 33.2 Å². The van der Waals surface area contributed by atoms with E-state index < -0.39 is 12.2 Å². The molecule has 0 amide bonds. The third kappa shape index (κ3) is 5.44. The Balaban J connectivity index is 1.75. The third-order valence-corrected chi connectivity index (χ3v) is 5.67. The lowest BCUT2D eigenvalue weighted by molar-refractivity contribution is -0.274. The normalized spacial score (nSPS) is 12.5. The number of aryl methyl sites for hydroxylation is 1. The van der Waals surface area contributed by atoms with Gasteiger partial charge in [0, 0.05) is 23.5 Å². The van der Waals surface area contributed by atoms with E-state index in [1.807, 2.05) is 45.0 Å². The highest BCUT2D eigenvalue weighted by Crippen LogP contribution is 2.32. The SMILES string of the molecule is Cc1ccc(Nc2cc3nc4ccc(F)cc4n(-c4ccc(OC(F)(F)F)cc4)c-3cc2=NC(C)C)cn1. The number of fused-ring (bicyclic) bond motifs is 2. The molecule has 0 atom stereocenters. The molecule has 0 saturated heterocycles. The number of alkyl halides is 3. The molecule has 0 spiro atoms. The monoisotopic (exact) mass is 521 g/mol. The van der Waals surface area contributed by atoms with E-state index in [2.05, 4.69) is 15.0 Å². The summed E-state index contributed by atoms with van der Waals surface area (Å²) in [6.45, 7) is 5.80. The largest absolute Gasteiger partial charge is 0.573 e. The molecule has 1 aliphatic carbocycles. The van der Waals surface area contributed by atoms with Crippen LogP contribution in [0.3, 0.4) is 0 Å². The standard InChI is InChI=1S/C28H23F4N5O/c1-16(2)34-24-14-27-25(13-23(24)35-19-6-4-17(3)33-15-19)36-22-11-5-18(29)12-26(22)37(27)20-7-9-21(10-8-20)38-28(30,31)32/h4-16,35H,1-3H3. The number of benzene rings is 3. The zero-order chi connectivity index (χ0) is 27.0. The number of hydrogen-bond acceptors (Lipinski definition) is 5. The van der Waals surface area contributed by atoms with Crippen LogP contribution >= 0.6 is 0 Å². The average molecular weight is 522 g/mol. The van der Waals surface area contributed by atoms with Gasteiger partial charge in [-0.05, 0) is 81.4 Å². The average Bonchev–Trinajstić information content (AvgIpc) is 2.84. The highest BCUT2D eigenvalue weighted by molar-refractivity contribution is 5.84. The topological polar surface area (TPSA) is 64.3 Å². The van der Waals surface area contributed by atoms with Gasteiger partial charge in [0.1, 0.15) is 11.6 Å². The van der Waals surface area contributed by atoms with E-state index in [-0.39, 0.29) is 11.8 Å². The van der Waals surface area contributed by atoms with Crippen molar-refractivity contribution in [2.75, 3.05) is 5.32 Å². The van der Waals surface area contributed by atoms with Gasteiger partial charge < -0.3 is 14.6 Å². The third-order valence-electron chi connectivity index (χ3n) is 5.67. The van der Waals surface area contributed by atoms with Crippen molar-refractivity contribution in [3.05, 3.63) is 89.8 Å². The van der Waals surface area contributed by atoms with E-state index in [9.17, 15) is 17.6 Å². The quantitative estimate of drug-likeness (QED) is 0.201. The number of ether oxygens (including phenoxy) is 1. The van der Waals surface area contributed by atoms with Gasteiger partial charge >= 0.3 is 6.36 Å². The van der Waals surface area contributed by atoms with Crippen LogP contribution in [0, 0.1) is 12.7 Å². The molecule has 1 N–H and O–H groups in total. The second kappa shape index (κ2) is 9.77. The van der Waals surface area contributed by atoms with Gasteiger partial charge in [-0.1, -0.05) is 0 Å².